The number of pyridine rings is 1. The molecule has 0 bridgehead atoms. The van der Waals surface area contributed by atoms with Gasteiger partial charge in [0.05, 0.1) is 21.5 Å². The number of carbonyl (C=O) groups is 1. The molecule has 0 aliphatic carbocycles. The highest BCUT2D eigenvalue weighted by atomic mass is 35.5. The molecule has 1 N–H and O–H groups in total. The Morgan fingerprint density at radius 2 is 1.87 bits per heavy atom. The van der Waals surface area contributed by atoms with Crippen molar-refractivity contribution in [3.05, 3.63) is 66.8 Å². The van der Waals surface area contributed by atoms with Crippen molar-refractivity contribution < 1.29 is 14.6 Å². The van der Waals surface area contributed by atoms with Crippen molar-refractivity contribution in [2.24, 2.45) is 0 Å². The molecule has 118 valence electrons. The first-order valence-electron chi connectivity index (χ1n) is 6.17. The predicted molar refractivity (Wildman–Crippen MR) is 81.7 cm³/mol. The average Bonchev–Trinajstić information content (AvgIpc) is 2.47. The maximum Gasteiger partial charge on any atom is 0.295 e. The van der Waals surface area contributed by atoms with Gasteiger partial charge in [-0.25, -0.2) is 4.98 Å². The fourth-order valence-corrected chi connectivity index (χ4v) is 2.28. The van der Waals surface area contributed by atoms with E-state index in [9.17, 15) is 25.0 Å². The molecule has 9 nitrogen and oxygen atoms in total. The Morgan fingerprint density at radius 3 is 2.39 bits per heavy atom. The van der Waals surface area contributed by atoms with Crippen molar-refractivity contribution in [2.75, 3.05) is 5.32 Å². The van der Waals surface area contributed by atoms with Crippen LogP contribution >= 0.6 is 11.6 Å². The van der Waals surface area contributed by atoms with E-state index in [1.807, 2.05) is 0 Å². The van der Waals surface area contributed by atoms with Crippen LogP contribution in [0.25, 0.3) is 0 Å². The molecule has 0 atom stereocenters. The lowest BCUT2D eigenvalue weighted by molar-refractivity contribution is -0.394. The number of aromatic nitrogens is 1. The smallest absolute Gasteiger partial charge is 0.295 e. The minimum absolute atomic E-state index is 0.0703. The van der Waals surface area contributed by atoms with Crippen LogP contribution in [0.1, 0.15) is 15.9 Å². The Balaban J connectivity index is 2.58. The zero-order chi connectivity index (χ0) is 17.1. The number of nitrogens with zero attached hydrogens (tertiary/aromatic N) is 3. The van der Waals surface area contributed by atoms with Crippen molar-refractivity contribution in [1.82, 2.24) is 4.98 Å². The lowest BCUT2D eigenvalue weighted by Gasteiger charge is -2.09. The van der Waals surface area contributed by atoms with Gasteiger partial charge in [-0.3, -0.25) is 25.0 Å². The molecule has 0 saturated carbocycles. The first-order valence-corrected chi connectivity index (χ1v) is 6.55. The highest BCUT2D eigenvalue weighted by Crippen LogP contribution is 2.36. The monoisotopic (exact) mass is 336 g/mol. The molecule has 0 unspecified atom stereocenters. The van der Waals surface area contributed by atoms with Crippen molar-refractivity contribution in [1.29, 1.82) is 0 Å². The van der Waals surface area contributed by atoms with Crippen LogP contribution in [-0.4, -0.2) is 20.7 Å². The number of nitro groups is 2. The molecule has 0 aliphatic heterocycles. The highest BCUT2D eigenvalue weighted by molar-refractivity contribution is 6.36. The van der Waals surface area contributed by atoms with Crippen molar-refractivity contribution in [2.45, 2.75) is 6.92 Å². The van der Waals surface area contributed by atoms with Gasteiger partial charge in [-0.15, -0.1) is 0 Å². The summed E-state index contributed by atoms with van der Waals surface area (Å²) >= 11 is 5.90. The number of nitro benzene ring substituents is 2. The molecule has 10 heteroatoms. The summed E-state index contributed by atoms with van der Waals surface area (Å²) in [7, 11) is 0. The largest absolute Gasteiger partial charge is 0.307 e. The molecule has 0 saturated heterocycles. The minimum Gasteiger partial charge on any atom is -0.307 e. The predicted octanol–water partition coefficient (Wildman–Crippen LogP) is 3.11. The normalized spacial score (nSPS) is 10.2. The molecule has 0 radical (unpaired) electrons. The molecule has 23 heavy (non-hydrogen) atoms. The standard InChI is InChI=1S/C13H9ClN4O5/c1-7-8(17(20)21)6-9(18(22)23)12(14)11(7)13(19)16-10-4-2-3-5-15-10/h2-6H,1H3,(H,15,16,19). The Kier molecular flexibility index (Phi) is 4.51. The van der Waals surface area contributed by atoms with Gasteiger partial charge in [-0.2, -0.15) is 0 Å². The Labute approximate surface area is 134 Å². The first kappa shape index (κ1) is 16.3. The topological polar surface area (TPSA) is 128 Å². The molecule has 0 fully saturated rings. The van der Waals surface area contributed by atoms with Crippen LogP contribution in [0.3, 0.4) is 0 Å². The molecule has 2 aromatic rings. The SMILES string of the molecule is Cc1c([N+](=O)[O-])cc([N+](=O)[O-])c(Cl)c1C(=O)Nc1ccccn1. The summed E-state index contributed by atoms with van der Waals surface area (Å²) in [5, 5.41) is 24.0. The Hall–Kier alpha value is -3.07. The molecular weight excluding hydrogens is 328 g/mol. The number of nitrogens with one attached hydrogen (secondary N) is 1. The number of amides is 1. The summed E-state index contributed by atoms with van der Waals surface area (Å²) in [6.07, 6.45) is 1.43. The van der Waals surface area contributed by atoms with E-state index in [1.165, 1.54) is 19.2 Å². The summed E-state index contributed by atoms with van der Waals surface area (Å²) in [4.78, 5) is 36.5. The number of hydrogen-bond donors (Lipinski definition) is 1. The van der Waals surface area contributed by atoms with Gasteiger partial charge < -0.3 is 5.32 Å². The molecular formula is C13H9ClN4O5. The highest BCUT2D eigenvalue weighted by Gasteiger charge is 2.30. The number of halogens is 1. The Bertz CT molecular complexity index is 772. The van der Waals surface area contributed by atoms with Crippen LogP contribution in [-0.2, 0) is 0 Å². The van der Waals surface area contributed by atoms with Gasteiger partial charge >= 0.3 is 0 Å². The van der Waals surface area contributed by atoms with Crippen molar-refractivity contribution >= 4 is 34.7 Å². The number of benzene rings is 1. The summed E-state index contributed by atoms with van der Waals surface area (Å²) in [6.45, 7) is 1.29. The van der Waals surface area contributed by atoms with Crippen LogP contribution < -0.4 is 5.32 Å². The second-order valence-electron chi connectivity index (χ2n) is 4.41. The van der Waals surface area contributed by atoms with Gasteiger partial charge in [-0.05, 0) is 19.1 Å². The zero-order valence-corrected chi connectivity index (χ0v) is 12.4. The van der Waals surface area contributed by atoms with Crippen LogP contribution in [0.2, 0.25) is 5.02 Å². The molecule has 0 aliphatic rings. The fourth-order valence-electron chi connectivity index (χ4n) is 1.93. The van der Waals surface area contributed by atoms with E-state index < -0.39 is 32.2 Å². The summed E-state index contributed by atoms with van der Waals surface area (Å²) < 4.78 is 0. The van der Waals surface area contributed by atoms with E-state index in [0.29, 0.717) is 0 Å². The van der Waals surface area contributed by atoms with E-state index in [1.54, 1.807) is 12.1 Å². The molecule has 1 aromatic carbocycles. The maximum absolute atomic E-state index is 12.3. The van der Waals surface area contributed by atoms with Gasteiger partial charge in [0.15, 0.2) is 0 Å². The molecule has 1 aromatic heterocycles. The van der Waals surface area contributed by atoms with Crippen LogP contribution in [0.5, 0.6) is 0 Å². The number of carbonyl (C=O) groups excluding carboxylic acids is 1. The third kappa shape index (κ3) is 3.24. The summed E-state index contributed by atoms with van der Waals surface area (Å²) in [6, 6.07) is 5.47. The van der Waals surface area contributed by atoms with E-state index in [2.05, 4.69) is 10.3 Å². The fraction of sp³-hybridized carbons (Fsp3) is 0.0769. The van der Waals surface area contributed by atoms with Gasteiger partial charge in [0.2, 0.25) is 0 Å². The van der Waals surface area contributed by atoms with Gasteiger partial charge in [0.1, 0.15) is 10.8 Å². The lowest BCUT2D eigenvalue weighted by atomic mass is 10.0. The summed E-state index contributed by atoms with van der Waals surface area (Å²) in [5.74, 6) is -0.639. The van der Waals surface area contributed by atoms with E-state index >= 15 is 0 Å². The van der Waals surface area contributed by atoms with E-state index in [-0.39, 0.29) is 16.9 Å². The molecule has 1 amide bonds. The van der Waals surface area contributed by atoms with Gasteiger partial charge in [-0.1, -0.05) is 17.7 Å². The number of hydrogen-bond acceptors (Lipinski definition) is 6. The second-order valence-corrected chi connectivity index (χ2v) is 4.79. The van der Waals surface area contributed by atoms with Gasteiger partial charge in [0.25, 0.3) is 17.3 Å². The third-order valence-electron chi connectivity index (χ3n) is 3.00. The van der Waals surface area contributed by atoms with Gasteiger partial charge in [0, 0.05) is 11.8 Å². The number of rotatable bonds is 4. The molecule has 1 heterocycles. The molecule has 0 spiro atoms. The maximum atomic E-state index is 12.3. The average molecular weight is 337 g/mol. The van der Waals surface area contributed by atoms with Crippen molar-refractivity contribution in [3.63, 3.8) is 0 Å². The Morgan fingerprint density at radius 1 is 1.22 bits per heavy atom. The number of anilines is 1. The van der Waals surface area contributed by atoms with E-state index in [4.69, 9.17) is 11.6 Å². The van der Waals surface area contributed by atoms with E-state index in [0.717, 1.165) is 6.07 Å². The quantitative estimate of drug-likeness (QED) is 0.674. The van der Waals surface area contributed by atoms with Crippen LogP contribution in [0, 0.1) is 27.2 Å². The van der Waals surface area contributed by atoms with Crippen LogP contribution in [0.4, 0.5) is 17.2 Å². The van der Waals surface area contributed by atoms with Crippen molar-refractivity contribution in [3.8, 4) is 0 Å². The zero-order valence-electron chi connectivity index (χ0n) is 11.6. The second kappa shape index (κ2) is 6.36. The summed E-state index contributed by atoms with van der Waals surface area (Å²) in [5.41, 5.74) is -1.68. The molecule has 2 rings (SSSR count). The minimum atomic E-state index is -0.883. The lowest BCUT2D eigenvalue weighted by Crippen LogP contribution is -2.16. The van der Waals surface area contributed by atoms with Crippen LogP contribution in [0.15, 0.2) is 30.5 Å². The first-order chi connectivity index (χ1) is 10.8. The third-order valence-corrected chi connectivity index (χ3v) is 3.39.